The van der Waals surface area contributed by atoms with E-state index >= 15 is 0 Å². The molecule has 4 aromatic rings. The van der Waals surface area contributed by atoms with Crippen LogP contribution < -0.4 is 9.62 Å². The number of nitrogens with one attached hydrogen (secondary N) is 1. The number of hydrogen-bond donors (Lipinski definition) is 1. The lowest BCUT2D eigenvalue weighted by atomic mass is 10.0. The largest absolute Gasteiger partial charge is 0.354 e. The van der Waals surface area contributed by atoms with Crippen LogP contribution in [0.2, 0.25) is 0 Å². The van der Waals surface area contributed by atoms with Gasteiger partial charge in [0.1, 0.15) is 12.6 Å². The summed E-state index contributed by atoms with van der Waals surface area (Å²) in [7, 11) is -4.12. The Morgan fingerprint density at radius 2 is 1.49 bits per heavy atom. The number of hydrogen-bond acceptors (Lipinski definition) is 4. The van der Waals surface area contributed by atoms with Crippen LogP contribution in [0.3, 0.4) is 0 Å². The Kier molecular flexibility index (Phi) is 11.1. The fourth-order valence-electron chi connectivity index (χ4n) is 4.74. The Hall–Kier alpha value is -3.95. The van der Waals surface area contributed by atoms with Crippen LogP contribution in [0.25, 0.3) is 0 Å². The zero-order valence-corrected chi connectivity index (χ0v) is 26.7. The summed E-state index contributed by atoms with van der Waals surface area (Å²) in [5.41, 5.74) is 2.92. The number of halogens is 1. The molecule has 0 aliphatic heterocycles. The predicted molar refractivity (Wildman–Crippen MR) is 174 cm³/mol. The van der Waals surface area contributed by atoms with Crippen molar-refractivity contribution in [1.82, 2.24) is 10.2 Å². The van der Waals surface area contributed by atoms with Gasteiger partial charge in [-0.05, 0) is 66.4 Å². The normalized spacial score (nSPS) is 11.9. The maximum atomic E-state index is 14.4. The smallest absolute Gasteiger partial charge is 0.264 e. The maximum absolute atomic E-state index is 14.4. The summed E-state index contributed by atoms with van der Waals surface area (Å²) in [6.07, 6.45) is 1.01. The van der Waals surface area contributed by atoms with Crippen molar-refractivity contribution < 1.29 is 18.0 Å². The maximum Gasteiger partial charge on any atom is 0.264 e. The number of carbonyl (C=O) groups excluding carboxylic acids is 2. The minimum Gasteiger partial charge on any atom is -0.354 e. The molecule has 224 valence electrons. The van der Waals surface area contributed by atoms with Crippen LogP contribution in [0.4, 0.5) is 5.69 Å². The number of rotatable bonds is 13. The number of nitrogens with zero attached hydrogens (tertiary/aromatic N) is 2. The Balaban J connectivity index is 1.78. The standard InChI is InChI=1S/C34H36BrN3O4S/c1-3-21-36-34(40)32(23-27-12-6-4-7-13-27)37(24-28-17-19-29(35)20-18-28)33(39)25-38(30-14-10-11-26(2)22-30)43(41,42)31-15-8-5-9-16-31/h4-20,22,32H,3,21,23-25H2,1-2H3,(H,36,40)/t32-/m0/s1. The van der Waals surface area contributed by atoms with E-state index in [0.29, 0.717) is 12.2 Å². The molecule has 4 rings (SSSR count). The molecule has 0 saturated carbocycles. The molecule has 7 nitrogen and oxygen atoms in total. The lowest BCUT2D eigenvalue weighted by molar-refractivity contribution is -0.140. The minimum atomic E-state index is -4.12. The topological polar surface area (TPSA) is 86.8 Å². The Morgan fingerprint density at radius 1 is 0.837 bits per heavy atom. The third-order valence-corrected chi connectivity index (χ3v) is 9.30. The summed E-state index contributed by atoms with van der Waals surface area (Å²) in [4.78, 5) is 29.7. The number of aryl methyl sites for hydroxylation is 1. The number of amides is 2. The highest BCUT2D eigenvalue weighted by Gasteiger charge is 2.34. The molecular formula is C34H36BrN3O4S. The van der Waals surface area contributed by atoms with Crippen molar-refractivity contribution in [2.75, 3.05) is 17.4 Å². The number of sulfonamides is 1. The van der Waals surface area contributed by atoms with E-state index in [1.807, 2.05) is 74.5 Å². The highest BCUT2D eigenvalue weighted by atomic mass is 79.9. The van der Waals surface area contributed by atoms with Crippen LogP contribution in [0.5, 0.6) is 0 Å². The molecular weight excluding hydrogens is 626 g/mol. The van der Waals surface area contributed by atoms with E-state index in [1.165, 1.54) is 17.0 Å². The Morgan fingerprint density at radius 3 is 2.12 bits per heavy atom. The summed E-state index contributed by atoms with van der Waals surface area (Å²) in [6.45, 7) is 3.93. The van der Waals surface area contributed by atoms with Crippen molar-refractivity contribution in [2.24, 2.45) is 0 Å². The molecule has 43 heavy (non-hydrogen) atoms. The van der Waals surface area contributed by atoms with Crippen LogP contribution in [0, 0.1) is 6.92 Å². The highest BCUT2D eigenvalue weighted by molar-refractivity contribution is 9.10. The summed E-state index contributed by atoms with van der Waals surface area (Å²) in [6, 6.07) is 31.3. The monoisotopic (exact) mass is 661 g/mol. The Labute approximate surface area is 262 Å². The van der Waals surface area contributed by atoms with Crippen molar-refractivity contribution in [3.05, 3.63) is 130 Å². The van der Waals surface area contributed by atoms with E-state index in [9.17, 15) is 18.0 Å². The first-order valence-electron chi connectivity index (χ1n) is 14.2. The van der Waals surface area contributed by atoms with Crippen LogP contribution >= 0.6 is 15.9 Å². The number of benzene rings is 4. The molecule has 0 radical (unpaired) electrons. The van der Waals surface area contributed by atoms with E-state index in [1.54, 1.807) is 36.4 Å². The van der Waals surface area contributed by atoms with Crippen molar-refractivity contribution in [1.29, 1.82) is 0 Å². The van der Waals surface area contributed by atoms with E-state index in [-0.39, 0.29) is 23.8 Å². The third kappa shape index (κ3) is 8.55. The summed E-state index contributed by atoms with van der Waals surface area (Å²) in [5.74, 6) is -0.777. The quantitative estimate of drug-likeness (QED) is 0.187. The second-order valence-corrected chi connectivity index (χ2v) is 13.1. The second kappa shape index (κ2) is 15.0. The van der Waals surface area contributed by atoms with Crippen molar-refractivity contribution >= 4 is 43.5 Å². The second-order valence-electron chi connectivity index (χ2n) is 10.3. The molecule has 0 spiro atoms. The molecule has 0 aliphatic rings. The van der Waals surface area contributed by atoms with Crippen molar-refractivity contribution in [2.45, 2.75) is 44.2 Å². The SMILES string of the molecule is CCCNC(=O)[C@H](Cc1ccccc1)N(Cc1ccc(Br)cc1)C(=O)CN(c1cccc(C)c1)S(=O)(=O)c1ccccc1. The first kappa shape index (κ1) is 32.0. The van der Waals surface area contributed by atoms with E-state index in [4.69, 9.17) is 0 Å². The zero-order valence-electron chi connectivity index (χ0n) is 24.3. The Bertz CT molecular complexity index is 1610. The van der Waals surface area contributed by atoms with Gasteiger partial charge >= 0.3 is 0 Å². The van der Waals surface area contributed by atoms with Gasteiger partial charge in [-0.15, -0.1) is 0 Å². The van der Waals surface area contributed by atoms with Gasteiger partial charge in [0.25, 0.3) is 10.0 Å². The van der Waals surface area contributed by atoms with Gasteiger partial charge in [-0.2, -0.15) is 0 Å². The van der Waals surface area contributed by atoms with Crippen LogP contribution in [-0.2, 0) is 32.6 Å². The lowest BCUT2D eigenvalue weighted by Gasteiger charge is -2.34. The summed E-state index contributed by atoms with van der Waals surface area (Å²) in [5, 5.41) is 2.96. The number of carbonyl (C=O) groups is 2. The summed E-state index contributed by atoms with van der Waals surface area (Å²) >= 11 is 3.46. The first-order chi connectivity index (χ1) is 20.7. The van der Waals surface area contributed by atoms with Crippen LogP contribution in [-0.4, -0.2) is 44.3 Å². The first-order valence-corrected chi connectivity index (χ1v) is 16.4. The average Bonchev–Trinajstić information content (AvgIpc) is 3.02. The molecule has 9 heteroatoms. The van der Waals surface area contributed by atoms with Gasteiger partial charge < -0.3 is 10.2 Å². The van der Waals surface area contributed by atoms with Crippen molar-refractivity contribution in [3.8, 4) is 0 Å². The van der Waals surface area contributed by atoms with Gasteiger partial charge in [0.05, 0.1) is 10.6 Å². The van der Waals surface area contributed by atoms with Gasteiger partial charge in [-0.3, -0.25) is 13.9 Å². The fraction of sp³-hybridized carbons (Fsp3) is 0.235. The minimum absolute atomic E-state index is 0.0743. The van der Waals surface area contributed by atoms with Gasteiger partial charge in [0.2, 0.25) is 11.8 Å². The van der Waals surface area contributed by atoms with Gasteiger partial charge in [0.15, 0.2) is 0 Å². The fourth-order valence-corrected chi connectivity index (χ4v) is 6.43. The average molecular weight is 663 g/mol. The van der Waals surface area contributed by atoms with E-state index in [0.717, 1.165) is 31.9 Å². The molecule has 1 N–H and O–H groups in total. The van der Waals surface area contributed by atoms with Gasteiger partial charge in [0, 0.05) is 24.0 Å². The molecule has 0 unspecified atom stereocenters. The molecule has 0 fully saturated rings. The highest BCUT2D eigenvalue weighted by Crippen LogP contribution is 2.26. The van der Waals surface area contributed by atoms with Crippen molar-refractivity contribution in [3.63, 3.8) is 0 Å². The molecule has 0 heterocycles. The zero-order chi connectivity index (χ0) is 30.8. The molecule has 2 amide bonds. The van der Waals surface area contributed by atoms with E-state index in [2.05, 4.69) is 21.2 Å². The van der Waals surface area contributed by atoms with Gasteiger partial charge in [-0.25, -0.2) is 8.42 Å². The lowest BCUT2D eigenvalue weighted by Crippen LogP contribution is -2.53. The molecule has 1 atom stereocenters. The van der Waals surface area contributed by atoms with E-state index < -0.39 is 28.5 Å². The third-order valence-electron chi connectivity index (χ3n) is 6.99. The van der Waals surface area contributed by atoms with Crippen LogP contribution in [0.1, 0.15) is 30.0 Å². The van der Waals surface area contributed by atoms with Gasteiger partial charge in [-0.1, -0.05) is 95.7 Å². The molecule has 0 aliphatic carbocycles. The predicted octanol–water partition coefficient (Wildman–Crippen LogP) is 6.12. The summed E-state index contributed by atoms with van der Waals surface area (Å²) < 4.78 is 30.0. The molecule has 0 saturated heterocycles. The molecule has 0 aromatic heterocycles. The number of anilines is 1. The van der Waals surface area contributed by atoms with Crippen LogP contribution in [0.15, 0.2) is 119 Å². The molecule has 0 bridgehead atoms. The molecule has 4 aromatic carbocycles.